The monoisotopic (exact) mass is 373 g/mol. The van der Waals surface area contributed by atoms with Crippen LogP contribution in [0.1, 0.15) is 36.8 Å². The molecule has 0 radical (unpaired) electrons. The minimum absolute atomic E-state index is 0.224. The summed E-state index contributed by atoms with van der Waals surface area (Å²) in [5.74, 6) is 0. The zero-order valence-electron chi connectivity index (χ0n) is 14.7. The number of piperidine rings is 1. The summed E-state index contributed by atoms with van der Waals surface area (Å²) in [5, 5.41) is 0. The number of rotatable bonds is 4. The Morgan fingerprint density at radius 1 is 1.04 bits per heavy atom. The van der Waals surface area contributed by atoms with E-state index in [-0.39, 0.29) is 6.10 Å². The van der Waals surface area contributed by atoms with E-state index in [9.17, 15) is 8.42 Å². The summed E-state index contributed by atoms with van der Waals surface area (Å²) >= 11 is 0. The molecule has 1 aliphatic heterocycles. The van der Waals surface area contributed by atoms with E-state index in [1.165, 1.54) is 21.9 Å². The van der Waals surface area contributed by atoms with E-state index < -0.39 is 10.0 Å². The van der Waals surface area contributed by atoms with Crippen LogP contribution in [0.2, 0.25) is 0 Å². The van der Waals surface area contributed by atoms with Gasteiger partial charge in [0.1, 0.15) is 6.10 Å². The predicted molar refractivity (Wildman–Crippen MR) is 97.5 cm³/mol. The molecule has 1 unspecified atom stereocenters. The first kappa shape index (κ1) is 17.4. The number of ether oxygens (including phenoxy) is 1. The van der Waals surface area contributed by atoms with Crippen LogP contribution in [0.25, 0.3) is 0 Å². The van der Waals surface area contributed by atoms with E-state index >= 15 is 0 Å². The number of benzene rings is 1. The molecule has 7 heteroatoms. The van der Waals surface area contributed by atoms with Crippen LogP contribution in [0, 0.1) is 0 Å². The molecule has 26 heavy (non-hydrogen) atoms. The van der Waals surface area contributed by atoms with Crippen molar-refractivity contribution in [1.29, 1.82) is 0 Å². The molecule has 1 aromatic carbocycles. The molecule has 2 aromatic rings. The van der Waals surface area contributed by atoms with Gasteiger partial charge in [0.05, 0.1) is 11.4 Å². The lowest BCUT2D eigenvalue weighted by atomic mass is 9.92. The summed E-state index contributed by atoms with van der Waals surface area (Å²) in [5.41, 5.74) is 2.47. The molecule has 0 N–H and O–H groups in total. The van der Waals surface area contributed by atoms with Crippen molar-refractivity contribution >= 4 is 10.0 Å². The minimum Gasteiger partial charge on any atom is -0.459 e. The smallest absolute Gasteiger partial charge is 0.316 e. The van der Waals surface area contributed by atoms with Crippen LogP contribution < -0.4 is 4.74 Å². The fourth-order valence-corrected chi connectivity index (χ4v) is 5.30. The molecule has 0 amide bonds. The van der Waals surface area contributed by atoms with Gasteiger partial charge in [0, 0.05) is 18.9 Å². The van der Waals surface area contributed by atoms with Gasteiger partial charge in [-0.2, -0.15) is 4.31 Å². The quantitative estimate of drug-likeness (QED) is 0.824. The number of fused-ring (bicyclic) bond motifs is 1. The lowest BCUT2D eigenvalue weighted by molar-refractivity contribution is 0.119. The Kier molecular flexibility index (Phi) is 4.91. The third kappa shape index (κ3) is 3.59. The number of sulfonamides is 1. The lowest BCUT2D eigenvalue weighted by Gasteiger charge is -2.31. The van der Waals surface area contributed by atoms with Crippen molar-refractivity contribution in [2.24, 2.45) is 0 Å². The van der Waals surface area contributed by atoms with Crippen molar-refractivity contribution in [3.8, 4) is 6.01 Å². The highest BCUT2D eigenvalue weighted by atomic mass is 32.2. The van der Waals surface area contributed by atoms with Gasteiger partial charge in [-0.05, 0) is 67.9 Å². The zero-order valence-corrected chi connectivity index (χ0v) is 15.5. The van der Waals surface area contributed by atoms with Crippen LogP contribution in [-0.4, -0.2) is 41.9 Å². The molecular weight excluding hydrogens is 350 g/mol. The average molecular weight is 373 g/mol. The Morgan fingerprint density at radius 3 is 2.62 bits per heavy atom. The molecule has 1 atom stereocenters. The van der Waals surface area contributed by atoms with E-state index in [0.29, 0.717) is 24.0 Å². The summed E-state index contributed by atoms with van der Waals surface area (Å²) in [4.78, 5) is 8.53. The fourth-order valence-electron chi connectivity index (χ4n) is 3.73. The van der Waals surface area contributed by atoms with E-state index in [2.05, 4.69) is 9.97 Å². The van der Waals surface area contributed by atoms with Crippen molar-refractivity contribution in [2.75, 3.05) is 13.1 Å². The molecule has 1 saturated heterocycles. The molecule has 4 rings (SSSR count). The van der Waals surface area contributed by atoms with Gasteiger partial charge < -0.3 is 4.74 Å². The topological polar surface area (TPSA) is 72.4 Å². The number of aryl methyl sites for hydroxylation is 2. The maximum absolute atomic E-state index is 13.1. The Morgan fingerprint density at radius 2 is 1.81 bits per heavy atom. The second-order valence-electron chi connectivity index (χ2n) is 6.91. The highest BCUT2D eigenvalue weighted by molar-refractivity contribution is 7.89. The second kappa shape index (κ2) is 7.32. The largest absolute Gasteiger partial charge is 0.459 e. The molecule has 2 heterocycles. The van der Waals surface area contributed by atoms with Crippen molar-refractivity contribution in [3.63, 3.8) is 0 Å². The van der Waals surface area contributed by atoms with Gasteiger partial charge in [-0.3, -0.25) is 0 Å². The van der Waals surface area contributed by atoms with E-state index in [1.54, 1.807) is 24.5 Å². The first-order valence-corrected chi connectivity index (χ1v) is 10.6. The molecule has 1 aromatic heterocycles. The Hall–Kier alpha value is -1.99. The number of nitrogens with zero attached hydrogens (tertiary/aromatic N) is 3. The summed E-state index contributed by atoms with van der Waals surface area (Å²) < 4.78 is 33.5. The number of hydrogen-bond acceptors (Lipinski definition) is 5. The first-order chi connectivity index (χ1) is 12.6. The molecule has 1 fully saturated rings. The van der Waals surface area contributed by atoms with Crippen molar-refractivity contribution < 1.29 is 13.2 Å². The Bertz CT molecular complexity index is 871. The number of aromatic nitrogens is 2. The Balaban J connectivity index is 1.52. The fraction of sp³-hybridized carbons (Fsp3) is 0.474. The highest BCUT2D eigenvalue weighted by Gasteiger charge is 2.32. The van der Waals surface area contributed by atoms with E-state index in [1.807, 2.05) is 12.1 Å². The van der Waals surface area contributed by atoms with Gasteiger partial charge in [0.25, 0.3) is 0 Å². The maximum Gasteiger partial charge on any atom is 0.316 e. The van der Waals surface area contributed by atoms with Gasteiger partial charge in [-0.25, -0.2) is 18.4 Å². The normalized spacial score (nSPS) is 21.2. The summed E-state index contributed by atoms with van der Waals surface area (Å²) in [6.45, 7) is 0.854. The van der Waals surface area contributed by atoms with Crippen LogP contribution in [0.15, 0.2) is 41.6 Å². The molecule has 0 saturated carbocycles. The minimum atomic E-state index is -3.51. The zero-order chi connectivity index (χ0) is 18.0. The maximum atomic E-state index is 13.1. The van der Waals surface area contributed by atoms with E-state index in [0.717, 1.165) is 32.1 Å². The van der Waals surface area contributed by atoms with Gasteiger partial charge >= 0.3 is 6.01 Å². The van der Waals surface area contributed by atoms with Gasteiger partial charge in [0.15, 0.2) is 0 Å². The standard InChI is InChI=1S/C19H23N3O3S/c23-26(24,18-9-8-15-5-1-2-6-16(15)13-18)22-12-3-7-17(14-22)25-19-20-10-4-11-21-19/h4,8-11,13,17H,1-3,5-7,12,14H2. The molecule has 6 nitrogen and oxygen atoms in total. The summed E-state index contributed by atoms with van der Waals surface area (Å²) in [6, 6.07) is 7.63. The third-order valence-corrected chi connectivity index (χ3v) is 6.97. The van der Waals surface area contributed by atoms with Crippen molar-refractivity contribution in [1.82, 2.24) is 14.3 Å². The van der Waals surface area contributed by atoms with Crippen molar-refractivity contribution in [3.05, 3.63) is 47.8 Å². The molecule has 138 valence electrons. The van der Waals surface area contributed by atoms with E-state index in [4.69, 9.17) is 4.74 Å². The van der Waals surface area contributed by atoms with Crippen LogP contribution in [0.3, 0.4) is 0 Å². The molecule has 1 aliphatic carbocycles. The van der Waals surface area contributed by atoms with Crippen LogP contribution >= 0.6 is 0 Å². The third-order valence-electron chi connectivity index (χ3n) is 5.11. The molecule has 2 aliphatic rings. The van der Waals surface area contributed by atoms with Crippen molar-refractivity contribution in [2.45, 2.75) is 49.5 Å². The van der Waals surface area contributed by atoms with Gasteiger partial charge in [-0.1, -0.05) is 6.07 Å². The SMILES string of the molecule is O=S(=O)(c1ccc2c(c1)CCCC2)N1CCCC(Oc2ncccn2)C1. The summed E-state index contributed by atoms with van der Waals surface area (Å²) in [7, 11) is -3.51. The molecule has 0 bridgehead atoms. The Labute approximate surface area is 154 Å². The average Bonchev–Trinajstić information content (AvgIpc) is 2.68. The molecular formula is C19H23N3O3S. The van der Waals surface area contributed by atoms with Gasteiger partial charge in [-0.15, -0.1) is 0 Å². The highest BCUT2D eigenvalue weighted by Crippen LogP contribution is 2.27. The van der Waals surface area contributed by atoms with Gasteiger partial charge in [0.2, 0.25) is 10.0 Å². The summed E-state index contributed by atoms with van der Waals surface area (Å²) in [6.07, 6.45) is 8.91. The molecule has 0 spiro atoms. The predicted octanol–water partition coefficient (Wildman–Crippen LogP) is 2.59. The first-order valence-electron chi connectivity index (χ1n) is 9.18. The second-order valence-corrected chi connectivity index (χ2v) is 8.85. The van der Waals surface area contributed by atoms with Crippen LogP contribution in [0.4, 0.5) is 0 Å². The van der Waals surface area contributed by atoms with Crippen LogP contribution in [0.5, 0.6) is 6.01 Å². The number of hydrogen-bond donors (Lipinski definition) is 0. The lowest BCUT2D eigenvalue weighted by Crippen LogP contribution is -2.44. The van der Waals surface area contributed by atoms with Crippen LogP contribution in [-0.2, 0) is 22.9 Å².